The molecule has 1 aliphatic carbocycles. The normalized spacial score (nSPS) is 15.2. The number of rotatable bonds is 5. The molecule has 0 aliphatic heterocycles. The summed E-state index contributed by atoms with van der Waals surface area (Å²) in [6.07, 6.45) is 2.72. The highest BCUT2D eigenvalue weighted by Gasteiger charge is 2.27. The number of carbonyl (C=O) groups excluding carboxylic acids is 2. The second-order valence-corrected chi connectivity index (χ2v) is 8.38. The minimum absolute atomic E-state index is 0.0668. The number of hydrogen-bond acceptors (Lipinski definition) is 6. The summed E-state index contributed by atoms with van der Waals surface area (Å²) >= 11 is 6.77. The van der Waals surface area contributed by atoms with Crippen LogP contribution < -0.4 is 25.8 Å². The molecule has 1 atom stereocenters. The molecule has 0 saturated heterocycles. The van der Waals surface area contributed by atoms with E-state index in [1.54, 1.807) is 18.2 Å². The number of fused-ring (bicyclic) bond motifs is 1. The van der Waals surface area contributed by atoms with Crippen molar-refractivity contribution in [2.45, 2.75) is 26.2 Å². The number of hydrogen-bond donors (Lipinski definition) is 3. The van der Waals surface area contributed by atoms with E-state index in [4.69, 9.17) is 27.4 Å². The highest BCUT2D eigenvalue weighted by atomic mass is 32.1. The number of amides is 2. The molecular formula is C20H23N3O4S2. The second kappa shape index (κ2) is 8.79. The Morgan fingerprint density at radius 1 is 1.21 bits per heavy atom. The van der Waals surface area contributed by atoms with Crippen LogP contribution in [0.25, 0.3) is 0 Å². The smallest absolute Gasteiger partial charge is 0.264 e. The first-order valence-electron chi connectivity index (χ1n) is 9.13. The van der Waals surface area contributed by atoms with E-state index in [-0.39, 0.29) is 10.7 Å². The van der Waals surface area contributed by atoms with Gasteiger partial charge >= 0.3 is 0 Å². The van der Waals surface area contributed by atoms with Crippen molar-refractivity contribution < 1.29 is 19.1 Å². The first kappa shape index (κ1) is 21.1. The zero-order chi connectivity index (χ0) is 21.1. The Morgan fingerprint density at radius 3 is 2.45 bits per heavy atom. The van der Waals surface area contributed by atoms with Crippen LogP contribution in [-0.2, 0) is 12.8 Å². The van der Waals surface area contributed by atoms with Crippen LogP contribution in [0.5, 0.6) is 11.5 Å². The van der Waals surface area contributed by atoms with Gasteiger partial charge in [0, 0.05) is 4.88 Å². The van der Waals surface area contributed by atoms with Crippen molar-refractivity contribution in [1.82, 2.24) is 5.32 Å². The maximum Gasteiger partial charge on any atom is 0.264 e. The predicted octanol–water partition coefficient (Wildman–Crippen LogP) is 3.12. The van der Waals surface area contributed by atoms with E-state index < -0.39 is 11.8 Å². The van der Waals surface area contributed by atoms with Gasteiger partial charge in [-0.3, -0.25) is 14.9 Å². The molecule has 0 fully saturated rings. The Hall–Kier alpha value is -2.65. The molecule has 9 heteroatoms. The molecule has 0 spiro atoms. The average molecular weight is 434 g/mol. The molecule has 29 heavy (non-hydrogen) atoms. The summed E-state index contributed by atoms with van der Waals surface area (Å²) in [5.74, 6) is 0.304. The number of thiophene rings is 1. The third-order valence-corrected chi connectivity index (χ3v) is 6.24. The number of primary amides is 1. The number of ether oxygens (including phenoxy) is 2. The molecule has 2 amide bonds. The molecule has 0 saturated carbocycles. The number of methoxy groups -OCH3 is 2. The molecule has 3 rings (SSSR count). The monoisotopic (exact) mass is 433 g/mol. The average Bonchev–Trinajstić information content (AvgIpc) is 3.03. The maximum absolute atomic E-state index is 12.8. The molecule has 2 aromatic rings. The lowest BCUT2D eigenvalue weighted by molar-refractivity contribution is 0.0969. The Balaban J connectivity index is 1.82. The van der Waals surface area contributed by atoms with Gasteiger partial charge in [-0.2, -0.15) is 0 Å². The Morgan fingerprint density at radius 2 is 1.86 bits per heavy atom. The summed E-state index contributed by atoms with van der Waals surface area (Å²) in [7, 11) is 2.94. The van der Waals surface area contributed by atoms with Crippen LogP contribution in [0.15, 0.2) is 18.2 Å². The van der Waals surface area contributed by atoms with Crippen LogP contribution >= 0.6 is 23.6 Å². The predicted molar refractivity (Wildman–Crippen MR) is 117 cm³/mol. The third-order valence-electron chi connectivity index (χ3n) is 4.87. The van der Waals surface area contributed by atoms with Crippen LogP contribution in [0.3, 0.4) is 0 Å². The van der Waals surface area contributed by atoms with Gasteiger partial charge in [0.1, 0.15) is 22.1 Å². The number of benzene rings is 1. The number of thiocarbonyl (C=S) groups is 1. The highest BCUT2D eigenvalue weighted by molar-refractivity contribution is 7.80. The SMILES string of the molecule is COc1cccc(OC)c1C(=O)NC(=S)Nc1sc2c(c1C(N)=O)CC[C@H](C)C2. The van der Waals surface area contributed by atoms with Gasteiger partial charge in [-0.05, 0) is 55.1 Å². The Bertz CT molecular complexity index is 949. The van der Waals surface area contributed by atoms with Gasteiger partial charge in [-0.25, -0.2) is 0 Å². The number of nitrogens with one attached hydrogen (secondary N) is 2. The lowest BCUT2D eigenvalue weighted by Gasteiger charge is -2.18. The van der Waals surface area contributed by atoms with Crippen LogP contribution in [-0.4, -0.2) is 31.1 Å². The van der Waals surface area contributed by atoms with Gasteiger partial charge in [0.05, 0.1) is 19.8 Å². The summed E-state index contributed by atoms with van der Waals surface area (Å²) < 4.78 is 10.5. The summed E-state index contributed by atoms with van der Waals surface area (Å²) in [6, 6.07) is 5.04. The highest BCUT2D eigenvalue weighted by Crippen LogP contribution is 2.39. The molecular weight excluding hydrogens is 410 g/mol. The zero-order valence-electron chi connectivity index (χ0n) is 16.5. The number of anilines is 1. The molecule has 0 unspecified atom stereocenters. The van der Waals surface area contributed by atoms with Crippen molar-refractivity contribution in [3.63, 3.8) is 0 Å². The molecule has 1 aromatic carbocycles. The summed E-state index contributed by atoms with van der Waals surface area (Å²) in [6.45, 7) is 2.19. The summed E-state index contributed by atoms with van der Waals surface area (Å²) in [5.41, 5.74) is 7.31. The molecule has 7 nitrogen and oxygen atoms in total. The zero-order valence-corrected chi connectivity index (χ0v) is 18.1. The van der Waals surface area contributed by atoms with E-state index in [0.717, 1.165) is 29.7 Å². The van der Waals surface area contributed by atoms with Crippen molar-refractivity contribution in [2.75, 3.05) is 19.5 Å². The summed E-state index contributed by atoms with van der Waals surface area (Å²) in [4.78, 5) is 26.0. The van der Waals surface area contributed by atoms with Crippen molar-refractivity contribution in [3.05, 3.63) is 39.8 Å². The van der Waals surface area contributed by atoms with E-state index in [2.05, 4.69) is 17.6 Å². The fourth-order valence-corrected chi connectivity index (χ4v) is 5.15. The van der Waals surface area contributed by atoms with Gasteiger partial charge in [0.2, 0.25) is 0 Å². The van der Waals surface area contributed by atoms with Gasteiger partial charge in [-0.15, -0.1) is 11.3 Å². The van der Waals surface area contributed by atoms with Gasteiger partial charge < -0.3 is 20.5 Å². The molecule has 4 N–H and O–H groups in total. The third kappa shape index (κ3) is 4.35. The quantitative estimate of drug-likeness (QED) is 0.626. The van der Waals surface area contributed by atoms with E-state index >= 15 is 0 Å². The fourth-order valence-electron chi connectivity index (χ4n) is 3.47. The second-order valence-electron chi connectivity index (χ2n) is 6.87. The molecule has 1 aromatic heterocycles. The lowest BCUT2D eigenvalue weighted by atomic mass is 9.88. The molecule has 1 heterocycles. The van der Waals surface area contributed by atoms with Crippen LogP contribution in [0, 0.1) is 5.92 Å². The van der Waals surface area contributed by atoms with Crippen LogP contribution in [0.4, 0.5) is 5.00 Å². The fraction of sp³-hybridized carbons (Fsp3) is 0.350. The number of carbonyl (C=O) groups is 2. The van der Waals surface area contributed by atoms with E-state index in [1.165, 1.54) is 25.6 Å². The standard InChI is InChI=1S/C20H23N3O4S2/c1-10-7-8-11-14(9-10)29-19(15(11)17(21)24)23-20(28)22-18(25)16-12(26-2)5-4-6-13(16)27-3/h4-6,10H,7-9H2,1-3H3,(H2,21,24)(H2,22,23,25,28)/t10-/m0/s1. The van der Waals surface area contributed by atoms with Crippen molar-refractivity contribution in [3.8, 4) is 11.5 Å². The molecule has 154 valence electrons. The number of nitrogens with two attached hydrogens (primary N) is 1. The minimum Gasteiger partial charge on any atom is -0.496 e. The van der Waals surface area contributed by atoms with Gasteiger partial charge in [0.15, 0.2) is 5.11 Å². The first-order valence-corrected chi connectivity index (χ1v) is 10.4. The minimum atomic E-state index is -0.500. The Labute approximate surface area is 178 Å². The molecule has 0 bridgehead atoms. The Kier molecular flexibility index (Phi) is 6.39. The summed E-state index contributed by atoms with van der Waals surface area (Å²) in [5, 5.41) is 6.23. The van der Waals surface area contributed by atoms with Crippen LogP contribution in [0.1, 0.15) is 44.5 Å². The van der Waals surface area contributed by atoms with E-state index in [1.807, 2.05) is 0 Å². The topological polar surface area (TPSA) is 103 Å². The van der Waals surface area contributed by atoms with Crippen LogP contribution in [0.2, 0.25) is 0 Å². The van der Waals surface area contributed by atoms with Crippen molar-refractivity contribution in [2.24, 2.45) is 11.7 Å². The lowest BCUT2D eigenvalue weighted by Crippen LogP contribution is -2.35. The van der Waals surface area contributed by atoms with Gasteiger partial charge in [0.25, 0.3) is 11.8 Å². The van der Waals surface area contributed by atoms with Gasteiger partial charge in [-0.1, -0.05) is 13.0 Å². The van der Waals surface area contributed by atoms with E-state index in [0.29, 0.717) is 28.0 Å². The largest absolute Gasteiger partial charge is 0.496 e. The maximum atomic E-state index is 12.8. The van der Waals surface area contributed by atoms with Crippen molar-refractivity contribution >= 4 is 45.5 Å². The molecule has 0 radical (unpaired) electrons. The first-order chi connectivity index (χ1) is 13.8. The molecule has 1 aliphatic rings. The van der Waals surface area contributed by atoms with E-state index in [9.17, 15) is 9.59 Å². The van der Waals surface area contributed by atoms with Crippen molar-refractivity contribution in [1.29, 1.82) is 0 Å².